The zero-order valence-corrected chi connectivity index (χ0v) is 9.00. The molecule has 1 aliphatic rings. The smallest absolute Gasteiger partial charge is 0.0245 e. The number of benzene rings is 1. The quantitative estimate of drug-likeness (QED) is 0.728. The molecule has 1 heteroatoms. The van der Waals surface area contributed by atoms with Crippen LogP contribution in [0.5, 0.6) is 0 Å². The van der Waals surface area contributed by atoms with Gasteiger partial charge in [-0.1, -0.05) is 30.4 Å². The molecule has 1 saturated carbocycles. The Morgan fingerprint density at radius 3 is 2.47 bits per heavy atom. The molecule has 0 amide bonds. The van der Waals surface area contributed by atoms with Gasteiger partial charge in [-0.05, 0) is 36.5 Å². The highest BCUT2D eigenvalue weighted by Crippen LogP contribution is 2.36. The molecule has 2 rings (SSSR count). The van der Waals surface area contributed by atoms with Crippen LogP contribution in [0.25, 0.3) is 0 Å². The first kappa shape index (κ1) is 10.3. The summed E-state index contributed by atoms with van der Waals surface area (Å²) >= 11 is 0. The largest absolute Gasteiger partial charge is 0.330 e. The summed E-state index contributed by atoms with van der Waals surface area (Å²) in [6, 6.07) is 8.68. The third-order valence-corrected chi connectivity index (χ3v) is 2.99. The van der Waals surface area contributed by atoms with Crippen molar-refractivity contribution in [2.75, 3.05) is 6.54 Å². The SMILES string of the molecule is NCCC#Cc1ccc(C2CCC2)cc1. The second kappa shape index (κ2) is 5.00. The molecular weight excluding hydrogens is 182 g/mol. The van der Waals surface area contributed by atoms with E-state index >= 15 is 0 Å². The van der Waals surface area contributed by atoms with Gasteiger partial charge in [0.2, 0.25) is 0 Å². The van der Waals surface area contributed by atoms with Crippen LogP contribution < -0.4 is 5.73 Å². The summed E-state index contributed by atoms with van der Waals surface area (Å²) in [5.41, 5.74) is 7.96. The molecule has 0 atom stereocenters. The van der Waals surface area contributed by atoms with E-state index in [1.807, 2.05) is 0 Å². The fourth-order valence-electron chi connectivity index (χ4n) is 1.82. The van der Waals surface area contributed by atoms with Crippen LogP contribution in [0.1, 0.15) is 42.7 Å². The zero-order chi connectivity index (χ0) is 10.5. The molecule has 0 radical (unpaired) electrons. The number of rotatable bonds is 2. The number of hydrogen-bond donors (Lipinski definition) is 1. The lowest BCUT2D eigenvalue weighted by atomic mass is 9.80. The summed E-state index contributed by atoms with van der Waals surface area (Å²) in [4.78, 5) is 0. The maximum Gasteiger partial charge on any atom is 0.0245 e. The average Bonchev–Trinajstić information content (AvgIpc) is 2.18. The van der Waals surface area contributed by atoms with E-state index in [0.29, 0.717) is 6.54 Å². The van der Waals surface area contributed by atoms with Gasteiger partial charge in [0.25, 0.3) is 0 Å². The fourth-order valence-corrected chi connectivity index (χ4v) is 1.82. The van der Waals surface area contributed by atoms with Crippen molar-refractivity contribution in [1.29, 1.82) is 0 Å². The Morgan fingerprint density at radius 1 is 1.20 bits per heavy atom. The van der Waals surface area contributed by atoms with E-state index in [9.17, 15) is 0 Å². The van der Waals surface area contributed by atoms with Crippen LogP contribution in [0, 0.1) is 11.8 Å². The van der Waals surface area contributed by atoms with Crippen LogP contribution >= 0.6 is 0 Å². The van der Waals surface area contributed by atoms with E-state index < -0.39 is 0 Å². The highest BCUT2D eigenvalue weighted by Gasteiger charge is 2.18. The molecule has 0 saturated heterocycles. The molecule has 0 aromatic heterocycles. The second-order valence-electron chi connectivity index (χ2n) is 4.09. The molecule has 1 fully saturated rings. The van der Waals surface area contributed by atoms with Crippen molar-refractivity contribution < 1.29 is 0 Å². The van der Waals surface area contributed by atoms with Gasteiger partial charge >= 0.3 is 0 Å². The summed E-state index contributed by atoms with van der Waals surface area (Å²) < 4.78 is 0. The minimum atomic E-state index is 0.646. The predicted molar refractivity (Wildman–Crippen MR) is 63.6 cm³/mol. The molecule has 0 bridgehead atoms. The van der Waals surface area contributed by atoms with Crippen LogP contribution in [0.2, 0.25) is 0 Å². The summed E-state index contributed by atoms with van der Waals surface area (Å²) in [5, 5.41) is 0. The lowest BCUT2D eigenvalue weighted by molar-refractivity contribution is 0.420. The number of nitrogens with two attached hydrogens (primary N) is 1. The molecule has 2 N–H and O–H groups in total. The lowest BCUT2D eigenvalue weighted by Crippen LogP contribution is -2.08. The molecule has 0 spiro atoms. The highest BCUT2D eigenvalue weighted by molar-refractivity contribution is 5.37. The number of hydrogen-bond acceptors (Lipinski definition) is 1. The summed E-state index contributed by atoms with van der Waals surface area (Å²) in [6.45, 7) is 0.646. The first-order chi connectivity index (χ1) is 7.40. The van der Waals surface area contributed by atoms with E-state index in [0.717, 1.165) is 17.9 Å². The van der Waals surface area contributed by atoms with Gasteiger partial charge < -0.3 is 5.73 Å². The van der Waals surface area contributed by atoms with Gasteiger partial charge in [-0.3, -0.25) is 0 Å². The lowest BCUT2D eigenvalue weighted by Gasteiger charge is -2.25. The molecular formula is C14H17N. The first-order valence-corrected chi connectivity index (χ1v) is 5.69. The molecule has 0 heterocycles. The zero-order valence-electron chi connectivity index (χ0n) is 9.00. The van der Waals surface area contributed by atoms with Crippen molar-refractivity contribution in [3.05, 3.63) is 35.4 Å². The molecule has 1 aliphatic carbocycles. The topological polar surface area (TPSA) is 26.0 Å². The predicted octanol–water partition coefficient (Wildman–Crippen LogP) is 2.65. The molecule has 1 aromatic carbocycles. The van der Waals surface area contributed by atoms with E-state index in [2.05, 4.69) is 36.1 Å². The van der Waals surface area contributed by atoms with Crippen molar-refractivity contribution in [2.45, 2.75) is 31.6 Å². The second-order valence-corrected chi connectivity index (χ2v) is 4.09. The van der Waals surface area contributed by atoms with Gasteiger partial charge in [0.05, 0.1) is 0 Å². The van der Waals surface area contributed by atoms with Crippen molar-refractivity contribution in [3.63, 3.8) is 0 Å². The Balaban J connectivity index is 2.01. The Labute approximate surface area is 91.7 Å². The van der Waals surface area contributed by atoms with Gasteiger partial charge in [-0.2, -0.15) is 0 Å². The summed E-state index contributed by atoms with van der Waals surface area (Å²) in [5.74, 6) is 6.99. The van der Waals surface area contributed by atoms with Gasteiger partial charge in [0.1, 0.15) is 0 Å². The van der Waals surface area contributed by atoms with Gasteiger partial charge in [-0.15, -0.1) is 0 Å². The van der Waals surface area contributed by atoms with Gasteiger partial charge in [-0.25, -0.2) is 0 Å². The summed E-state index contributed by atoms with van der Waals surface area (Å²) in [6.07, 6.45) is 4.89. The maximum absolute atomic E-state index is 5.38. The van der Waals surface area contributed by atoms with E-state index in [1.165, 1.54) is 24.8 Å². The normalized spacial score (nSPS) is 15.3. The standard InChI is InChI=1S/C14H17N/c15-11-2-1-4-12-7-9-14(10-8-12)13-5-3-6-13/h7-10,13H,2-3,5-6,11,15H2. The minimum absolute atomic E-state index is 0.646. The molecule has 0 aliphatic heterocycles. The van der Waals surface area contributed by atoms with Crippen LogP contribution in [0.3, 0.4) is 0 Å². The minimum Gasteiger partial charge on any atom is -0.330 e. The molecule has 1 nitrogen and oxygen atoms in total. The third kappa shape index (κ3) is 2.61. The molecule has 0 unspecified atom stereocenters. The maximum atomic E-state index is 5.38. The first-order valence-electron chi connectivity index (χ1n) is 5.69. The van der Waals surface area contributed by atoms with Crippen LogP contribution in [0.15, 0.2) is 24.3 Å². The van der Waals surface area contributed by atoms with Crippen LogP contribution in [-0.4, -0.2) is 6.54 Å². The van der Waals surface area contributed by atoms with E-state index in [1.54, 1.807) is 0 Å². The third-order valence-electron chi connectivity index (χ3n) is 2.99. The summed E-state index contributed by atoms with van der Waals surface area (Å²) in [7, 11) is 0. The molecule has 1 aromatic rings. The molecule has 15 heavy (non-hydrogen) atoms. The monoisotopic (exact) mass is 199 g/mol. The molecule has 78 valence electrons. The van der Waals surface area contributed by atoms with Crippen molar-refractivity contribution in [2.24, 2.45) is 5.73 Å². The average molecular weight is 199 g/mol. The Kier molecular flexibility index (Phi) is 3.42. The highest BCUT2D eigenvalue weighted by atomic mass is 14.5. The van der Waals surface area contributed by atoms with Crippen LogP contribution in [0.4, 0.5) is 0 Å². The van der Waals surface area contributed by atoms with Gasteiger partial charge in [0, 0.05) is 18.5 Å². The van der Waals surface area contributed by atoms with E-state index in [4.69, 9.17) is 5.73 Å². The van der Waals surface area contributed by atoms with Crippen molar-refractivity contribution >= 4 is 0 Å². The van der Waals surface area contributed by atoms with Gasteiger partial charge in [0.15, 0.2) is 0 Å². The van der Waals surface area contributed by atoms with Crippen molar-refractivity contribution in [1.82, 2.24) is 0 Å². The Morgan fingerprint density at radius 2 is 1.93 bits per heavy atom. The Hall–Kier alpha value is -1.26. The van der Waals surface area contributed by atoms with E-state index in [-0.39, 0.29) is 0 Å². The Bertz CT molecular complexity index is 363. The van der Waals surface area contributed by atoms with Crippen molar-refractivity contribution in [3.8, 4) is 11.8 Å². The van der Waals surface area contributed by atoms with Crippen LogP contribution in [-0.2, 0) is 0 Å². The fraction of sp³-hybridized carbons (Fsp3) is 0.429.